The van der Waals surface area contributed by atoms with E-state index in [2.05, 4.69) is 26.1 Å². The fourth-order valence-electron chi connectivity index (χ4n) is 5.87. The van der Waals surface area contributed by atoms with Crippen molar-refractivity contribution in [3.63, 3.8) is 0 Å². The fourth-order valence-corrected chi connectivity index (χ4v) is 6.23. The summed E-state index contributed by atoms with van der Waals surface area (Å²) in [4.78, 5) is 32.7. The summed E-state index contributed by atoms with van der Waals surface area (Å²) < 4.78 is 31.2. The number of carboxylic acid groups (broad SMARTS) is 1. The Kier molecular flexibility index (Phi) is 9.77. The van der Waals surface area contributed by atoms with Gasteiger partial charge in [-0.1, -0.05) is 41.8 Å². The van der Waals surface area contributed by atoms with Gasteiger partial charge in [0.15, 0.2) is 0 Å². The van der Waals surface area contributed by atoms with Gasteiger partial charge in [0, 0.05) is 52.5 Å². The highest BCUT2D eigenvalue weighted by Crippen LogP contribution is 2.38. The van der Waals surface area contributed by atoms with Crippen molar-refractivity contribution < 1.29 is 23.5 Å². The zero-order valence-electron chi connectivity index (χ0n) is 23.0. The molecule has 0 radical (unpaired) electrons. The van der Waals surface area contributed by atoms with E-state index >= 15 is 8.78 Å². The van der Waals surface area contributed by atoms with Crippen LogP contribution in [0.15, 0.2) is 40.9 Å². The van der Waals surface area contributed by atoms with E-state index < -0.39 is 23.0 Å². The number of nitrogens with one attached hydrogen (secondary N) is 1. The molecule has 3 aromatic rings. The van der Waals surface area contributed by atoms with Crippen molar-refractivity contribution in [3.8, 4) is 0 Å². The van der Waals surface area contributed by atoms with Gasteiger partial charge in [-0.3, -0.25) is 9.59 Å². The molecule has 6 nitrogen and oxygen atoms in total. The number of unbranched alkanes of at least 4 members (excludes halogenated alkanes) is 1. The zero-order valence-corrected chi connectivity index (χ0v) is 24.6. The number of fused-ring (bicyclic) bond motifs is 1. The predicted molar refractivity (Wildman–Crippen MR) is 157 cm³/mol. The molecule has 1 atom stereocenters. The first kappa shape index (κ1) is 29.9. The van der Waals surface area contributed by atoms with E-state index in [1.807, 2.05) is 32.0 Å². The number of aliphatic carboxylic acids is 1. The third-order valence-corrected chi connectivity index (χ3v) is 8.45. The molecule has 40 heavy (non-hydrogen) atoms. The first-order valence-corrected chi connectivity index (χ1v) is 14.8. The van der Waals surface area contributed by atoms with Gasteiger partial charge in [0.25, 0.3) is 5.91 Å². The number of carbonyl (C=O) groups excluding carboxylic acids is 1. The summed E-state index contributed by atoms with van der Waals surface area (Å²) in [6.07, 6.45) is 4.67. The molecule has 1 unspecified atom stereocenters. The quantitative estimate of drug-likeness (QED) is 0.236. The SMILES string of the molecule is CCCCC(CCC(=O)O)(CNC(=O)c1c(C)c(N2CCCCC2)nc2ccc(Br)cc12)c1c(F)cccc1F. The second-order valence-electron chi connectivity index (χ2n) is 10.7. The molecule has 2 N–H and O–H groups in total. The average molecular weight is 617 g/mol. The predicted octanol–water partition coefficient (Wildman–Crippen LogP) is 7.30. The number of pyridine rings is 1. The minimum atomic E-state index is -1.23. The van der Waals surface area contributed by atoms with E-state index in [0.29, 0.717) is 29.3 Å². The third kappa shape index (κ3) is 6.45. The molecule has 1 aromatic heterocycles. The number of anilines is 1. The first-order chi connectivity index (χ1) is 19.2. The second kappa shape index (κ2) is 13.1. The van der Waals surface area contributed by atoms with Crippen LogP contribution in [-0.4, -0.2) is 41.6 Å². The summed E-state index contributed by atoms with van der Waals surface area (Å²) in [6, 6.07) is 9.27. The smallest absolute Gasteiger partial charge is 0.303 e. The molecular formula is C31H36BrF2N3O3. The highest BCUT2D eigenvalue weighted by atomic mass is 79.9. The normalized spacial score (nSPS) is 15.2. The van der Waals surface area contributed by atoms with Crippen LogP contribution in [-0.2, 0) is 10.2 Å². The number of piperidine rings is 1. The molecule has 2 heterocycles. The van der Waals surface area contributed by atoms with Crippen LogP contribution in [0.25, 0.3) is 10.9 Å². The fraction of sp³-hybridized carbons (Fsp3) is 0.452. The first-order valence-electron chi connectivity index (χ1n) is 14.0. The number of aromatic nitrogens is 1. The Morgan fingerprint density at radius 1 is 1.10 bits per heavy atom. The molecule has 1 aliphatic heterocycles. The highest BCUT2D eigenvalue weighted by Gasteiger charge is 2.38. The van der Waals surface area contributed by atoms with Crippen LogP contribution in [0.3, 0.4) is 0 Å². The largest absolute Gasteiger partial charge is 0.481 e. The van der Waals surface area contributed by atoms with Crippen molar-refractivity contribution in [2.24, 2.45) is 0 Å². The topological polar surface area (TPSA) is 82.5 Å². The Bertz CT molecular complexity index is 1370. The van der Waals surface area contributed by atoms with Crippen LogP contribution in [0.4, 0.5) is 14.6 Å². The molecular weight excluding hydrogens is 580 g/mol. The van der Waals surface area contributed by atoms with Crippen LogP contribution >= 0.6 is 15.9 Å². The van der Waals surface area contributed by atoms with Crippen LogP contribution in [0.5, 0.6) is 0 Å². The molecule has 214 valence electrons. The summed E-state index contributed by atoms with van der Waals surface area (Å²) >= 11 is 3.51. The number of nitrogens with zero attached hydrogens (tertiary/aromatic N) is 2. The Morgan fingerprint density at radius 2 is 1.80 bits per heavy atom. The van der Waals surface area contributed by atoms with Gasteiger partial charge in [-0.15, -0.1) is 0 Å². The standard InChI is InChI=1S/C31H36BrF2N3O3/c1-3-4-14-31(15-13-26(38)39,28-23(33)9-8-10-24(28)34)19-35-30(40)27-20(2)29(37-16-6-5-7-17-37)36-25-12-11-21(32)18-22(25)27/h8-12,18H,3-7,13-17,19H2,1-2H3,(H,35,40)(H,38,39). The van der Waals surface area contributed by atoms with Crippen LogP contribution < -0.4 is 10.2 Å². The van der Waals surface area contributed by atoms with E-state index in [4.69, 9.17) is 4.98 Å². The molecule has 9 heteroatoms. The lowest BCUT2D eigenvalue weighted by Crippen LogP contribution is -2.43. The van der Waals surface area contributed by atoms with Crippen LogP contribution in [0.2, 0.25) is 0 Å². The molecule has 1 amide bonds. The lowest BCUT2D eigenvalue weighted by Gasteiger charge is -2.35. The number of benzene rings is 2. The van der Waals surface area contributed by atoms with Gasteiger partial charge in [-0.25, -0.2) is 13.8 Å². The van der Waals surface area contributed by atoms with E-state index in [-0.39, 0.29) is 30.9 Å². The monoisotopic (exact) mass is 615 g/mol. The summed E-state index contributed by atoms with van der Waals surface area (Å²) in [5.74, 6) is -2.15. The van der Waals surface area contributed by atoms with Crippen molar-refractivity contribution in [2.75, 3.05) is 24.5 Å². The van der Waals surface area contributed by atoms with E-state index in [1.54, 1.807) is 0 Å². The minimum absolute atomic E-state index is 0.0128. The van der Waals surface area contributed by atoms with Crippen LogP contribution in [0.1, 0.15) is 79.8 Å². The number of hydrogen-bond donors (Lipinski definition) is 2. The Balaban J connectivity index is 1.78. The van der Waals surface area contributed by atoms with Gasteiger partial charge < -0.3 is 15.3 Å². The second-order valence-corrected chi connectivity index (χ2v) is 11.6. The molecule has 4 rings (SSSR count). The number of carbonyl (C=O) groups is 2. The highest BCUT2D eigenvalue weighted by molar-refractivity contribution is 9.10. The summed E-state index contributed by atoms with van der Waals surface area (Å²) in [5, 5.41) is 13.1. The summed E-state index contributed by atoms with van der Waals surface area (Å²) in [7, 11) is 0. The van der Waals surface area contributed by atoms with Crippen molar-refractivity contribution in [2.45, 2.75) is 70.6 Å². The molecule has 1 aliphatic rings. The van der Waals surface area contributed by atoms with E-state index in [0.717, 1.165) is 54.6 Å². The molecule has 0 bridgehead atoms. The van der Waals surface area contributed by atoms with Crippen molar-refractivity contribution in [1.29, 1.82) is 0 Å². The van der Waals surface area contributed by atoms with Crippen LogP contribution in [0, 0.1) is 18.6 Å². The maximum absolute atomic E-state index is 15.2. The lowest BCUT2D eigenvalue weighted by atomic mass is 9.72. The Hall–Kier alpha value is -3.07. The van der Waals surface area contributed by atoms with Gasteiger partial charge in [-0.2, -0.15) is 0 Å². The molecule has 0 saturated carbocycles. The number of rotatable bonds is 11. The van der Waals surface area contributed by atoms with Crippen molar-refractivity contribution >= 4 is 44.5 Å². The number of carboxylic acids is 1. The Labute approximate surface area is 242 Å². The minimum Gasteiger partial charge on any atom is -0.481 e. The summed E-state index contributed by atoms with van der Waals surface area (Å²) in [6.45, 7) is 5.47. The van der Waals surface area contributed by atoms with Gasteiger partial charge >= 0.3 is 5.97 Å². The maximum atomic E-state index is 15.2. The summed E-state index contributed by atoms with van der Waals surface area (Å²) in [5.41, 5.74) is 0.489. The van der Waals surface area contributed by atoms with Crippen molar-refractivity contribution in [3.05, 3.63) is 69.2 Å². The average Bonchev–Trinajstić information content (AvgIpc) is 2.93. The molecule has 0 spiro atoms. The number of halogens is 3. The van der Waals surface area contributed by atoms with Gasteiger partial charge in [0.05, 0.1) is 11.1 Å². The van der Waals surface area contributed by atoms with E-state index in [9.17, 15) is 14.7 Å². The third-order valence-electron chi connectivity index (χ3n) is 7.95. The number of amides is 1. The van der Waals surface area contributed by atoms with Gasteiger partial charge in [-0.05, 0) is 69.4 Å². The van der Waals surface area contributed by atoms with E-state index in [1.165, 1.54) is 18.2 Å². The molecule has 0 aliphatic carbocycles. The number of hydrogen-bond acceptors (Lipinski definition) is 4. The maximum Gasteiger partial charge on any atom is 0.303 e. The molecule has 1 saturated heterocycles. The van der Waals surface area contributed by atoms with Crippen molar-refractivity contribution in [1.82, 2.24) is 10.3 Å². The Morgan fingerprint density at radius 3 is 2.45 bits per heavy atom. The molecule has 2 aromatic carbocycles. The molecule has 1 fully saturated rings. The van der Waals surface area contributed by atoms with Gasteiger partial charge in [0.1, 0.15) is 17.5 Å². The van der Waals surface area contributed by atoms with Gasteiger partial charge in [0.2, 0.25) is 0 Å². The lowest BCUT2D eigenvalue weighted by molar-refractivity contribution is -0.137. The zero-order chi connectivity index (χ0) is 28.9.